The van der Waals surface area contributed by atoms with Crippen molar-refractivity contribution in [3.63, 3.8) is 0 Å². The van der Waals surface area contributed by atoms with Gasteiger partial charge in [0.2, 0.25) is 0 Å². The fourth-order valence-electron chi connectivity index (χ4n) is 4.25. The quantitative estimate of drug-likeness (QED) is 0.654. The van der Waals surface area contributed by atoms with Gasteiger partial charge in [0.05, 0.1) is 0 Å². The van der Waals surface area contributed by atoms with Gasteiger partial charge in [0.1, 0.15) is 5.69 Å². The Labute approximate surface area is 173 Å². The highest BCUT2D eigenvalue weighted by molar-refractivity contribution is 5.99. The Hall–Kier alpha value is -2.59. The summed E-state index contributed by atoms with van der Waals surface area (Å²) in [6.07, 6.45) is 0. The number of aromatic nitrogens is 1. The van der Waals surface area contributed by atoms with E-state index in [9.17, 15) is 4.79 Å². The van der Waals surface area contributed by atoms with Crippen molar-refractivity contribution >= 4 is 16.8 Å². The fraction of sp³-hybridized carbons (Fsp3) is 0.400. The first kappa shape index (κ1) is 19.7. The molecule has 1 saturated heterocycles. The van der Waals surface area contributed by atoms with Gasteiger partial charge in [0.15, 0.2) is 0 Å². The minimum Gasteiger partial charge on any atom is -0.340 e. The van der Waals surface area contributed by atoms with Crippen molar-refractivity contribution < 1.29 is 4.79 Å². The van der Waals surface area contributed by atoms with Gasteiger partial charge in [-0.15, -0.1) is 0 Å². The molecule has 0 aliphatic carbocycles. The minimum absolute atomic E-state index is 0.143. The molecule has 2 aromatic carbocycles. The molecule has 0 unspecified atom stereocenters. The van der Waals surface area contributed by atoms with Crippen molar-refractivity contribution in [1.29, 1.82) is 0 Å². The van der Waals surface area contributed by atoms with Gasteiger partial charge < -0.3 is 9.47 Å². The van der Waals surface area contributed by atoms with E-state index in [0.29, 0.717) is 5.92 Å². The molecule has 0 N–H and O–H groups in total. The number of piperazine rings is 1. The average Bonchev–Trinajstić information content (AvgIpc) is 3.06. The molecule has 1 fully saturated rings. The van der Waals surface area contributed by atoms with Gasteiger partial charge in [-0.1, -0.05) is 50.2 Å². The van der Waals surface area contributed by atoms with Crippen molar-refractivity contribution in [2.75, 3.05) is 26.2 Å². The lowest BCUT2D eigenvalue weighted by Crippen LogP contribution is -2.48. The number of benzene rings is 2. The summed E-state index contributed by atoms with van der Waals surface area (Å²) in [5.41, 5.74) is 5.85. The molecule has 29 heavy (non-hydrogen) atoms. The predicted octanol–water partition coefficient (Wildman–Crippen LogP) is 4.57. The lowest BCUT2D eigenvalue weighted by molar-refractivity contribution is 0.0619. The zero-order valence-corrected chi connectivity index (χ0v) is 18.0. The summed E-state index contributed by atoms with van der Waals surface area (Å²) in [4.78, 5) is 17.6. The number of amides is 1. The minimum atomic E-state index is 0.143. The molecular formula is C25H31N3O. The van der Waals surface area contributed by atoms with Crippen LogP contribution in [0.15, 0.2) is 48.5 Å². The van der Waals surface area contributed by atoms with Gasteiger partial charge >= 0.3 is 0 Å². The monoisotopic (exact) mass is 389 g/mol. The van der Waals surface area contributed by atoms with Crippen molar-refractivity contribution in [1.82, 2.24) is 14.4 Å². The van der Waals surface area contributed by atoms with E-state index in [2.05, 4.69) is 74.2 Å². The van der Waals surface area contributed by atoms with Gasteiger partial charge in [-0.3, -0.25) is 9.69 Å². The average molecular weight is 390 g/mol. The Morgan fingerprint density at radius 3 is 2.31 bits per heavy atom. The molecule has 152 valence electrons. The third kappa shape index (κ3) is 3.95. The van der Waals surface area contributed by atoms with Crippen molar-refractivity contribution in [3.8, 4) is 0 Å². The molecule has 0 spiro atoms. The number of carbonyl (C=O) groups is 1. The first-order valence-electron chi connectivity index (χ1n) is 10.6. The fourth-order valence-corrected chi connectivity index (χ4v) is 4.25. The maximum absolute atomic E-state index is 13.2. The molecule has 4 heteroatoms. The first-order valence-corrected chi connectivity index (χ1v) is 10.6. The molecule has 1 aliphatic rings. The Balaban J connectivity index is 1.40. The molecule has 4 nitrogen and oxygen atoms in total. The third-order valence-electron chi connectivity index (χ3n) is 6.24. The van der Waals surface area contributed by atoms with Crippen LogP contribution in [0.2, 0.25) is 0 Å². The number of rotatable bonds is 4. The second-order valence-corrected chi connectivity index (χ2v) is 8.56. The number of fused-ring (bicyclic) bond motifs is 1. The van der Waals surface area contributed by atoms with Crippen molar-refractivity contribution in [3.05, 3.63) is 70.9 Å². The molecule has 1 amide bonds. The van der Waals surface area contributed by atoms with Crippen LogP contribution in [0.5, 0.6) is 0 Å². The maximum atomic E-state index is 13.2. The van der Waals surface area contributed by atoms with Gasteiger partial charge in [-0.25, -0.2) is 0 Å². The Morgan fingerprint density at radius 1 is 1.00 bits per heavy atom. The lowest BCUT2D eigenvalue weighted by atomic mass is 10.0. The molecule has 3 aromatic rings. The van der Waals surface area contributed by atoms with E-state index < -0.39 is 0 Å². The second kappa shape index (κ2) is 8.03. The SMILES string of the molecule is Cc1cccc2c1cc(C(=O)N1CCN(Cc3ccc(C(C)C)cc3)CC1)n2C. The summed E-state index contributed by atoms with van der Waals surface area (Å²) in [6.45, 7) is 10.9. The lowest BCUT2D eigenvalue weighted by Gasteiger charge is -2.34. The number of carbonyl (C=O) groups excluding carboxylic acids is 1. The maximum Gasteiger partial charge on any atom is 0.270 e. The molecule has 0 atom stereocenters. The van der Waals surface area contributed by atoms with Crippen LogP contribution in [0.25, 0.3) is 10.9 Å². The van der Waals surface area contributed by atoms with Crippen LogP contribution < -0.4 is 0 Å². The summed E-state index contributed by atoms with van der Waals surface area (Å²) in [5, 5.41) is 1.17. The van der Waals surface area contributed by atoms with Gasteiger partial charge in [0.25, 0.3) is 5.91 Å². The molecule has 2 heterocycles. The molecule has 4 rings (SSSR count). The summed E-state index contributed by atoms with van der Waals surface area (Å²) in [6, 6.07) is 17.2. The van der Waals surface area contributed by atoms with E-state index in [0.717, 1.165) is 43.9 Å². The third-order valence-corrected chi connectivity index (χ3v) is 6.24. The van der Waals surface area contributed by atoms with E-state index in [1.165, 1.54) is 22.1 Å². The Morgan fingerprint density at radius 2 is 1.69 bits per heavy atom. The summed E-state index contributed by atoms with van der Waals surface area (Å²) in [7, 11) is 1.99. The Bertz CT molecular complexity index is 1010. The van der Waals surface area contributed by atoms with Crippen LogP contribution in [0.1, 0.15) is 46.9 Å². The number of hydrogen-bond acceptors (Lipinski definition) is 2. The van der Waals surface area contributed by atoms with Crippen molar-refractivity contribution in [2.45, 2.75) is 33.2 Å². The molecular weight excluding hydrogens is 358 g/mol. The largest absolute Gasteiger partial charge is 0.340 e. The van der Waals surface area contributed by atoms with Crippen LogP contribution in [0.4, 0.5) is 0 Å². The molecule has 0 saturated carbocycles. The standard InChI is InChI=1S/C25H31N3O/c1-18(2)21-10-8-20(9-11-21)17-27-12-14-28(15-13-27)25(29)24-16-22-19(3)6-5-7-23(22)26(24)4/h5-11,16,18H,12-15,17H2,1-4H3. The first-order chi connectivity index (χ1) is 13.9. The summed E-state index contributed by atoms with van der Waals surface area (Å²) < 4.78 is 2.04. The van der Waals surface area contributed by atoms with E-state index in [4.69, 9.17) is 0 Å². The van der Waals surface area contributed by atoms with E-state index in [-0.39, 0.29) is 5.91 Å². The molecule has 1 aromatic heterocycles. The topological polar surface area (TPSA) is 28.5 Å². The van der Waals surface area contributed by atoms with E-state index in [1.807, 2.05) is 16.5 Å². The zero-order valence-electron chi connectivity index (χ0n) is 18.0. The Kier molecular flexibility index (Phi) is 5.46. The highest BCUT2D eigenvalue weighted by Crippen LogP contribution is 2.23. The molecule has 0 radical (unpaired) electrons. The highest BCUT2D eigenvalue weighted by Gasteiger charge is 2.24. The van der Waals surface area contributed by atoms with Gasteiger partial charge in [-0.2, -0.15) is 0 Å². The molecule has 0 bridgehead atoms. The number of nitrogens with zero attached hydrogens (tertiary/aromatic N) is 3. The normalized spacial score (nSPS) is 15.4. The smallest absolute Gasteiger partial charge is 0.270 e. The van der Waals surface area contributed by atoms with Crippen LogP contribution in [0, 0.1) is 6.92 Å². The van der Waals surface area contributed by atoms with Gasteiger partial charge in [-0.05, 0) is 41.7 Å². The summed E-state index contributed by atoms with van der Waals surface area (Å²) in [5.74, 6) is 0.709. The predicted molar refractivity (Wildman–Crippen MR) is 119 cm³/mol. The van der Waals surface area contributed by atoms with Crippen LogP contribution >= 0.6 is 0 Å². The van der Waals surface area contributed by atoms with Crippen LogP contribution in [-0.2, 0) is 13.6 Å². The van der Waals surface area contributed by atoms with E-state index >= 15 is 0 Å². The second-order valence-electron chi connectivity index (χ2n) is 8.56. The van der Waals surface area contributed by atoms with Crippen LogP contribution in [0.3, 0.4) is 0 Å². The number of aryl methyl sites for hydroxylation is 2. The van der Waals surface area contributed by atoms with Crippen LogP contribution in [-0.4, -0.2) is 46.5 Å². The van der Waals surface area contributed by atoms with Crippen molar-refractivity contribution in [2.24, 2.45) is 7.05 Å². The summed E-state index contributed by atoms with van der Waals surface area (Å²) >= 11 is 0. The van der Waals surface area contributed by atoms with E-state index in [1.54, 1.807) is 0 Å². The molecule has 1 aliphatic heterocycles. The highest BCUT2D eigenvalue weighted by atomic mass is 16.2. The zero-order chi connectivity index (χ0) is 20.5. The van der Waals surface area contributed by atoms with Gasteiger partial charge in [0, 0.05) is 50.7 Å². The number of hydrogen-bond donors (Lipinski definition) is 0.